The maximum Gasteiger partial charge on any atom is 0.220 e. The standard InChI is InChI=1S/C28H58N2O2P2.2B/c1-23(2,3)33(24(4,5)6)19-17-21(31)29-27(13,14)28(15,16)30-22(32)18-20-34(25(7,8)9)26(10,11)12;;/h17-20H2,1-16H3,(H,29,31)(H,30,32);;. The van der Waals surface area contributed by atoms with E-state index < -0.39 is 11.1 Å². The monoisotopic (exact) mass is 538 g/mol. The lowest BCUT2D eigenvalue weighted by Gasteiger charge is -2.44. The van der Waals surface area contributed by atoms with E-state index >= 15 is 0 Å². The fourth-order valence-corrected chi connectivity index (χ4v) is 12.5. The minimum atomic E-state index is -0.565. The largest absolute Gasteiger partial charge is 0.349 e. The molecule has 0 aliphatic heterocycles. The highest BCUT2D eigenvalue weighted by atomic mass is 31.1. The Hall–Kier alpha value is -0.0701. The van der Waals surface area contributed by atoms with Gasteiger partial charge >= 0.3 is 0 Å². The van der Waals surface area contributed by atoms with Crippen LogP contribution in [0.3, 0.4) is 0 Å². The van der Waals surface area contributed by atoms with E-state index in [1.165, 1.54) is 0 Å². The zero-order valence-corrected chi connectivity index (χ0v) is 28.5. The molecule has 208 valence electrons. The summed E-state index contributed by atoms with van der Waals surface area (Å²) in [5, 5.41) is 7.29. The third-order valence-electron chi connectivity index (χ3n) is 6.83. The third kappa shape index (κ3) is 13.1. The predicted molar refractivity (Wildman–Crippen MR) is 168 cm³/mol. The van der Waals surface area contributed by atoms with Gasteiger partial charge in [-0.25, -0.2) is 0 Å². The van der Waals surface area contributed by atoms with Gasteiger partial charge in [0.25, 0.3) is 0 Å². The molecule has 0 aliphatic rings. The second kappa shape index (κ2) is 13.8. The summed E-state index contributed by atoms with van der Waals surface area (Å²) >= 11 is 0. The Balaban J connectivity index is -0.00000544. The number of nitrogens with one attached hydrogen (secondary N) is 2. The minimum absolute atomic E-state index is 0. The van der Waals surface area contributed by atoms with Crippen LogP contribution in [0, 0.1) is 0 Å². The first-order valence-electron chi connectivity index (χ1n) is 12.9. The lowest BCUT2D eigenvalue weighted by Crippen LogP contribution is -2.65. The van der Waals surface area contributed by atoms with E-state index in [0.29, 0.717) is 12.8 Å². The lowest BCUT2D eigenvalue weighted by molar-refractivity contribution is -0.127. The molecule has 0 unspecified atom stereocenters. The molecule has 0 aliphatic carbocycles. The fourth-order valence-electron chi connectivity index (χ4n) is 4.92. The molecule has 0 atom stereocenters. The summed E-state index contributed by atoms with van der Waals surface area (Å²) in [7, 11) is -0.637. The van der Waals surface area contributed by atoms with Gasteiger partial charge in [0, 0.05) is 29.7 Å². The molecule has 0 saturated carbocycles. The molecule has 0 saturated heterocycles. The molecule has 0 aromatic rings. The van der Waals surface area contributed by atoms with E-state index in [-0.39, 0.29) is 65.1 Å². The van der Waals surface area contributed by atoms with Gasteiger partial charge in [0.15, 0.2) is 0 Å². The van der Waals surface area contributed by atoms with Crippen LogP contribution in [0.4, 0.5) is 0 Å². The van der Waals surface area contributed by atoms with Crippen LogP contribution in [0.15, 0.2) is 0 Å². The lowest BCUT2D eigenvalue weighted by atomic mass is 9.82. The van der Waals surface area contributed by atoms with E-state index in [1.54, 1.807) is 0 Å². The molecule has 0 fully saturated rings. The Kier molecular flexibility index (Phi) is 15.5. The molecule has 6 radical (unpaired) electrons. The van der Waals surface area contributed by atoms with Crippen molar-refractivity contribution in [1.29, 1.82) is 0 Å². The Morgan fingerprint density at radius 1 is 0.472 bits per heavy atom. The van der Waals surface area contributed by atoms with Gasteiger partial charge in [-0.15, -0.1) is 0 Å². The molecule has 4 nitrogen and oxygen atoms in total. The van der Waals surface area contributed by atoms with Crippen molar-refractivity contribution in [1.82, 2.24) is 10.6 Å². The van der Waals surface area contributed by atoms with Gasteiger partial charge in [-0.3, -0.25) is 9.59 Å². The quantitative estimate of drug-likeness (QED) is 0.247. The number of rotatable bonds is 9. The summed E-state index contributed by atoms with van der Waals surface area (Å²) < 4.78 is 0. The molecule has 0 rings (SSSR count). The van der Waals surface area contributed by atoms with Crippen LogP contribution in [0.5, 0.6) is 0 Å². The number of carbonyl (C=O) groups excluding carboxylic acids is 2. The van der Waals surface area contributed by atoms with Crippen molar-refractivity contribution in [3.8, 4) is 0 Å². The van der Waals surface area contributed by atoms with Gasteiger partial charge in [-0.2, -0.15) is 0 Å². The maximum atomic E-state index is 13.0. The summed E-state index contributed by atoms with van der Waals surface area (Å²) in [6.07, 6.45) is 2.88. The maximum absolute atomic E-state index is 13.0. The van der Waals surface area contributed by atoms with Gasteiger partial charge in [0.1, 0.15) is 0 Å². The highest BCUT2D eigenvalue weighted by Crippen LogP contribution is 2.60. The van der Waals surface area contributed by atoms with Gasteiger partial charge in [0.2, 0.25) is 11.8 Å². The van der Waals surface area contributed by atoms with Crippen molar-refractivity contribution in [2.75, 3.05) is 12.3 Å². The highest BCUT2D eigenvalue weighted by Gasteiger charge is 2.41. The smallest absolute Gasteiger partial charge is 0.220 e. The van der Waals surface area contributed by atoms with Crippen LogP contribution < -0.4 is 10.6 Å². The van der Waals surface area contributed by atoms with E-state index in [1.807, 2.05) is 27.7 Å². The molecule has 0 aromatic heterocycles. The zero-order valence-electron chi connectivity index (χ0n) is 26.7. The Morgan fingerprint density at radius 3 is 0.833 bits per heavy atom. The molecule has 0 heterocycles. The van der Waals surface area contributed by atoms with Crippen molar-refractivity contribution in [3.63, 3.8) is 0 Å². The normalized spacial score (nSPS) is 13.7. The zero-order chi connectivity index (χ0) is 27.6. The highest BCUT2D eigenvalue weighted by molar-refractivity contribution is 7.61. The van der Waals surface area contributed by atoms with Crippen molar-refractivity contribution >= 4 is 44.5 Å². The summed E-state index contributed by atoms with van der Waals surface area (Å²) in [6.45, 7) is 35.5. The van der Waals surface area contributed by atoms with Gasteiger partial charge < -0.3 is 10.6 Å². The molecular weight excluding hydrogens is 480 g/mol. The van der Waals surface area contributed by atoms with Crippen LogP contribution in [-0.2, 0) is 9.59 Å². The van der Waals surface area contributed by atoms with Crippen molar-refractivity contribution in [3.05, 3.63) is 0 Å². The summed E-state index contributed by atoms with van der Waals surface area (Å²) in [5.41, 5.74) is -1.13. The first-order valence-corrected chi connectivity index (χ1v) is 15.9. The number of carbonyl (C=O) groups is 2. The molecule has 0 bridgehead atoms. The van der Waals surface area contributed by atoms with Crippen molar-refractivity contribution < 1.29 is 9.59 Å². The molecule has 2 amide bonds. The SMILES string of the molecule is CC(C)(C)P(CCC(=O)NC(C)(C)C(C)(C)NC(=O)CCP(C(C)(C)C)C(C)(C)C)C(C)(C)C.[B].[B]. The van der Waals surface area contributed by atoms with E-state index in [0.717, 1.165) is 12.3 Å². The number of hydrogen-bond acceptors (Lipinski definition) is 2. The van der Waals surface area contributed by atoms with E-state index in [9.17, 15) is 9.59 Å². The second-order valence-electron chi connectivity index (χ2n) is 14.8. The van der Waals surface area contributed by atoms with Crippen LogP contribution in [-0.4, -0.2) is 72.7 Å². The second-order valence-corrected chi connectivity index (χ2v) is 22.8. The number of hydrogen-bond donors (Lipinski definition) is 2. The van der Waals surface area contributed by atoms with Gasteiger partial charge in [-0.1, -0.05) is 98.9 Å². The summed E-state index contributed by atoms with van der Waals surface area (Å²) in [5.74, 6) is 0.134. The van der Waals surface area contributed by atoms with Gasteiger partial charge in [-0.05, 0) is 60.6 Å². The predicted octanol–water partition coefficient (Wildman–Crippen LogP) is 6.95. The van der Waals surface area contributed by atoms with Crippen molar-refractivity contribution in [2.45, 2.75) is 155 Å². The Bertz CT molecular complexity index is 610. The average Bonchev–Trinajstić information content (AvgIpc) is 2.48. The average molecular weight is 538 g/mol. The molecule has 8 heteroatoms. The molecule has 36 heavy (non-hydrogen) atoms. The van der Waals surface area contributed by atoms with Crippen LogP contribution >= 0.6 is 15.8 Å². The summed E-state index contributed by atoms with van der Waals surface area (Å²) in [4.78, 5) is 25.9. The van der Waals surface area contributed by atoms with Crippen LogP contribution in [0.2, 0.25) is 0 Å². The Labute approximate surface area is 232 Å². The topological polar surface area (TPSA) is 58.2 Å². The van der Waals surface area contributed by atoms with Crippen LogP contribution in [0.1, 0.15) is 124 Å². The number of amides is 2. The molecule has 0 spiro atoms. The molecule has 0 aromatic carbocycles. The minimum Gasteiger partial charge on any atom is -0.349 e. The Morgan fingerprint density at radius 2 is 0.667 bits per heavy atom. The fraction of sp³-hybridized carbons (Fsp3) is 0.929. The van der Waals surface area contributed by atoms with E-state index in [4.69, 9.17) is 0 Å². The van der Waals surface area contributed by atoms with Crippen LogP contribution in [0.25, 0.3) is 0 Å². The summed E-state index contributed by atoms with van der Waals surface area (Å²) in [6, 6.07) is 0. The van der Waals surface area contributed by atoms with E-state index in [2.05, 4.69) is 93.7 Å². The van der Waals surface area contributed by atoms with Gasteiger partial charge in [0.05, 0.1) is 11.1 Å². The molecular formula is C28H58B2N2O2P2. The first-order chi connectivity index (χ1) is 14.7. The first kappa shape index (κ1) is 40.4. The third-order valence-corrected chi connectivity index (χ3v) is 14.6. The molecule has 2 N–H and O–H groups in total. The van der Waals surface area contributed by atoms with Crippen molar-refractivity contribution in [2.24, 2.45) is 0 Å².